The van der Waals surface area contributed by atoms with Crippen molar-refractivity contribution < 1.29 is 48.7 Å². The van der Waals surface area contributed by atoms with E-state index in [0.29, 0.717) is 37.5 Å². The summed E-state index contributed by atoms with van der Waals surface area (Å²) in [6.45, 7) is 18.7. The molecule has 0 aromatic carbocycles. The van der Waals surface area contributed by atoms with E-state index in [4.69, 9.17) is 14.2 Å². The molecule has 54 heavy (non-hydrogen) atoms. The maximum Gasteiger partial charge on any atom is 0.410 e. The molecule has 4 aliphatic rings. The van der Waals surface area contributed by atoms with Gasteiger partial charge in [-0.3, -0.25) is 9.69 Å². The number of allylic oxidation sites excluding steroid dienone is 2. The van der Waals surface area contributed by atoms with Gasteiger partial charge in [0.05, 0.1) is 75.2 Å². The van der Waals surface area contributed by atoms with Crippen LogP contribution in [0.4, 0.5) is 4.79 Å². The summed E-state index contributed by atoms with van der Waals surface area (Å²) in [7, 11) is 0. The molecule has 11 heteroatoms. The van der Waals surface area contributed by atoms with Crippen molar-refractivity contribution in [1.29, 1.82) is 0 Å². The molecule has 0 unspecified atom stereocenters. The summed E-state index contributed by atoms with van der Waals surface area (Å²) in [6.07, 6.45) is 15.3. The molecule has 3 fully saturated rings. The van der Waals surface area contributed by atoms with Gasteiger partial charge in [0.1, 0.15) is 11.7 Å². The first-order valence-corrected chi connectivity index (χ1v) is 20.6. The molecule has 4 rings (SSSR count). The highest BCUT2D eigenvalue weighted by molar-refractivity contribution is 5.70. The molecular formula is C43H71N2O9+. The largest absolute Gasteiger partial charge is 0.457 e. The van der Waals surface area contributed by atoms with Crippen molar-refractivity contribution in [3.8, 4) is 0 Å². The summed E-state index contributed by atoms with van der Waals surface area (Å²) in [5.41, 5.74) is -1.95. The molecule has 11 nitrogen and oxygen atoms in total. The number of hydrogen-bond acceptors (Lipinski definition) is 9. The van der Waals surface area contributed by atoms with Crippen molar-refractivity contribution in [2.45, 2.75) is 166 Å². The van der Waals surface area contributed by atoms with Crippen molar-refractivity contribution in [3.63, 3.8) is 0 Å². The number of quaternary nitrogens is 1. The van der Waals surface area contributed by atoms with Crippen molar-refractivity contribution in [2.24, 2.45) is 11.8 Å². The Balaban J connectivity index is 1.45. The van der Waals surface area contributed by atoms with Crippen molar-refractivity contribution in [1.82, 2.24) is 4.90 Å². The van der Waals surface area contributed by atoms with Crippen LogP contribution in [0.25, 0.3) is 0 Å². The molecule has 0 aromatic rings. The van der Waals surface area contributed by atoms with Crippen LogP contribution >= 0.6 is 0 Å². The van der Waals surface area contributed by atoms with Crippen molar-refractivity contribution >= 4 is 12.1 Å². The maximum atomic E-state index is 13.7. The van der Waals surface area contributed by atoms with E-state index in [9.17, 15) is 30.0 Å². The zero-order valence-electron chi connectivity index (χ0n) is 33.9. The number of amides is 1. The van der Waals surface area contributed by atoms with Gasteiger partial charge in [-0.15, -0.1) is 0 Å². The second kappa shape index (κ2) is 19.6. The Labute approximate surface area is 324 Å². The number of aliphatic hydroxyl groups excluding tert-OH is 2. The Kier molecular flexibility index (Phi) is 16.0. The first-order chi connectivity index (χ1) is 25.5. The minimum Gasteiger partial charge on any atom is -0.457 e. The molecule has 1 aliphatic carbocycles. The molecule has 3 aliphatic heterocycles. The number of carbonyl (C=O) groups is 2. The van der Waals surface area contributed by atoms with Gasteiger partial charge in [0.2, 0.25) is 0 Å². The average Bonchev–Trinajstić information content (AvgIpc) is 3.93. The lowest BCUT2D eigenvalue weighted by molar-refractivity contribution is -0.950. The van der Waals surface area contributed by atoms with Gasteiger partial charge in [0.15, 0.2) is 6.10 Å². The fourth-order valence-electron chi connectivity index (χ4n) is 8.79. The Morgan fingerprint density at radius 1 is 1.19 bits per heavy atom. The summed E-state index contributed by atoms with van der Waals surface area (Å²) < 4.78 is 18.7. The molecule has 4 N–H and O–H groups in total. The van der Waals surface area contributed by atoms with Gasteiger partial charge in [-0.05, 0) is 83.4 Å². The number of piperazine rings is 1. The van der Waals surface area contributed by atoms with Crippen LogP contribution in [0.15, 0.2) is 48.6 Å². The van der Waals surface area contributed by atoms with E-state index in [0.717, 1.165) is 24.1 Å². The van der Waals surface area contributed by atoms with Crippen LogP contribution in [0.3, 0.4) is 0 Å². The van der Waals surface area contributed by atoms with Gasteiger partial charge >= 0.3 is 12.1 Å². The van der Waals surface area contributed by atoms with Crippen LogP contribution in [0.5, 0.6) is 0 Å². The molecule has 0 bridgehead atoms. The highest BCUT2D eigenvalue weighted by atomic mass is 16.6. The Morgan fingerprint density at radius 3 is 2.48 bits per heavy atom. The molecule has 1 amide bonds. The summed E-state index contributed by atoms with van der Waals surface area (Å²) >= 11 is 0. The highest BCUT2D eigenvalue weighted by Crippen LogP contribution is 2.38. The lowest BCUT2D eigenvalue weighted by Gasteiger charge is -2.49. The number of hydrogen-bond donors (Lipinski definition) is 4. The lowest BCUT2D eigenvalue weighted by atomic mass is 9.88. The first kappa shape index (κ1) is 44.2. The number of rotatable bonds is 12. The standard InChI is InChI=1S/C43H71N2O9/c1-8-25-45(33-16-12-10-11-13-17-33)26-23-44(24-27-45)41(49)53-37-19-18-31(4)39(54-38(48)28-34(46)20-22-43(37,7)51)30(3)15-14-21-42(6,50)29-36-40(52-36)32(5)35(47)9-2/h8,14-15,18-19,21,31-37,39-40,46-47,50-51H,1,9-13,16-17,20,22-29H2,2-7H3/q+1/t31-,32+,34+,35-,36+,37-,39+,40+,42-,43+/m0/s1. The molecule has 0 spiro atoms. The Hall–Kier alpha value is -2.54. The quantitative estimate of drug-likeness (QED) is 0.0488. The second-order valence-electron chi connectivity index (χ2n) is 17.3. The molecule has 0 radical (unpaired) electrons. The zero-order valence-corrected chi connectivity index (χ0v) is 33.9. The molecule has 1 saturated carbocycles. The molecule has 2 saturated heterocycles. The fourth-order valence-corrected chi connectivity index (χ4v) is 8.79. The number of nitrogens with zero attached hydrogens (tertiary/aromatic N) is 2. The molecule has 0 aromatic heterocycles. The van der Waals surface area contributed by atoms with E-state index in [1.807, 2.05) is 39.8 Å². The third-order valence-electron chi connectivity index (χ3n) is 12.6. The summed E-state index contributed by atoms with van der Waals surface area (Å²) in [5, 5.41) is 43.7. The number of ether oxygens (including phenoxy) is 3. The van der Waals surface area contributed by atoms with Gasteiger partial charge < -0.3 is 39.1 Å². The number of esters is 1. The fraction of sp³-hybridized carbons (Fsp3) is 0.767. The zero-order chi connectivity index (χ0) is 39.7. The van der Waals surface area contributed by atoms with Crippen molar-refractivity contribution in [2.75, 3.05) is 32.7 Å². The minimum atomic E-state index is -1.50. The van der Waals surface area contributed by atoms with E-state index >= 15 is 0 Å². The Bertz CT molecular complexity index is 1330. The topological polar surface area (TPSA) is 149 Å². The van der Waals surface area contributed by atoms with Gasteiger partial charge in [0.25, 0.3) is 0 Å². The van der Waals surface area contributed by atoms with E-state index in [-0.39, 0.29) is 43.3 Å². The molecule has 306 valence electrons. The van der Waals surface area contributed by atoms with Crippen LogP contribution in [-0.2, 0) is 19.0 Å². The van der Waals surface area contributed by atoms with Gasteiger partial charge in [0, 0.05) is 18.3 Å². The van der Waals surface area contributed by atoms with Crippen LogP contribution in [0.1, 0.15) is 112 Å². The monoisotopic (exact) mass is 760 g/mol. The van der Waals surface area contributed by atoms with E-state index < -0.39 is 47.7 Å². The van der Waals surface area contributed by atoms with Crippen LogP contribution in [0, 0.1) is 11.8 Å². The summed E-state index contributed by atoms with van der Waals surface area (Å²) in [5.74, 6) is -0.953. The normalized spacial score (nSPS) is 34.1. The lowest BCUT2D eigenvalue weighted by Crippen LogP contribution is -2.65. The summed E-state index contributed by atoms with van der Waals surface area (Å²) in [6, 6.07) is 0.579. The second-order valence-corrected chi connectivity index (χ2v) is 17.3. The smallest absolute Gasteiger partial charge is 0.410 e. The third kappa shape index (κ3) is 12.2. The minimum absolute atomic E-state index is 0.0139. The molecule has 10 atom stereocenters. The maximum absolute atomic E-state index is 13.7. The highest BCUT2D eigenvalue weighted by Gasteiger charge is 2.47. The van der Waals surface area contributed by atoms with E-state index in [2.05, 4.69) is 6.58 Å². The first-order valence-electron chi connectivity index (χ1n) is 20.6. The number of epoxide rings is 1. The third-order valence-corrected chi connectivity index (χ3v) is 12.6. The predicted octanol–water partition coefficient (Wildman–Crippen LogP) is 5.75. The van der Waals surface area contributed by atoms with Crippen LogP contribution in [0.2, 0.25) is 0 Å². The van der Waals surface area contributed by atoms with Crippen molar-refractivity contribution in [3.05, 3.63) is 48.6 Å². The van der Waals surface area contributed by atoms with Crippen LogP contribution < -0.4 is 0 Å². The Morgan fingerprint density at radius 2 is 1.85 bits per heavy atom. The SMILES string of the molecule is C=CC[N+]1(C2CCCCCC2)CCN(C(=O)O[C@H]2C=C[C@H](C)[C@@H](C(C)=CC=C[C@](C)(O)C[C@H]3O[C@@H]3[C@H](C)[C@@H](O)CC)OC(=O)C[C@H](O)CC[C@@]2(C)O)CC1. The number of aliphatic hydroxyl groups is 4. The average molecular weight is 760 g/mol. The van der Waals surface area contributed by atoms with Crippen LogP contribution in [-0.4, -0.2) is 128 Å². The number of carbonyl (C=O) groups excluding carboxylic acids is 2. The molecule has 3 heterocycles. The van der Waals surface area contributed by atoms with Gasteiger partial charge in [-0.25, -0.2) is 4.79 Å². The number of cyclic esters (lactones) is 1. The van der Waals surface area contributed by atoms with E-state index in [1.54, 1.807) is 43.1 Å². The summed E-state index contributed by atoms with van der Waals surface area (Å²) in [4.78, 5) is 28.4. The predicted molar refractivity (Wildman–Crippen MR) is 209 cm³/mol. The molecular weight excluding hydrogens is 688 g/mol. The van der Waals surface area contributed by atoms with Gasteiger partial charge in [-0.2, -0.15) is 0 Å². The van der Waals surface area contributed by atoms with Gasteiger partial charge in [-0.1, -0.05) is 64.5 Å². The van der Waals surface area contributed by atoms with E-state index in [1.165, 1.54) is 38.5 Å².